The van der Waals surface area contributed by atoms with Gasteiger partial charge in [0.2, 0.25) is 0 Å². The number of rotatable bonds is 6. The summed E-state index contributed by atoms with van der Waals surface area (Å²) in [7, 11) is 0. The fourth-order valence-electron chi connectivity index (χ4n) is 3.02. The van der Waals surface area contributed by atoms with Crippen molar-refractivity contribution in [2.45, 2.75) is 46.1 Å². The standard InChI is InChI=1S/C19H26N2O5/c1-12-9-15(18(23)20-14(3)19(24)25)10-13(2)17(12)26-11-16(22)21-7-5-4-6-8-21/h9-10,14H,4-8,11H2,1-3H3,(H,20,23)(H,24,25)/t14-/m1/s1. The fraction of sp³-hybridized carbons (Fsp3) is 0.526. The number of aryl methyl sites for hydroxylation is 2. The number of carboxylic acids is 1. The Morgan fingerprint density at radius 3 is 2.27 bits per heavy atom. The number of amides is 2. The van der Waals surface area contributed by atoms with E-state index in [1.807, 2.05) is 4.90 Å². The highest BCUT2D eigenvalue weighted by Gasteiger charge is 2.19. The molecule has 2 rings (SSSR count). The van der Waals surface area contributed by atoms with Crippen molar-refractivity contribution in [3.8, 4) is 5.75 Å². The molecule has 0 spiro atoms. The van der Waals surface area contributed by atoms with Gasteiger partial charge in [-0.3, -0.25) is 14.4 Å². The van der Waals surface area contributed by atoms with E-state index in [1.54, 1.807) is 26.0 Å². The summed E-state index contributed by atoms with van der Waals surface area (Å²) < 4.78 is 5.72. The SMILES string of the molecule is Cc1cc(C(=O)N[C@H](C)C(=O)O)cc(C)c1OCC(=O)N1CCCCC1. The van der Waals surface area contributed by atoms with Crippen LogP contribution in [0.5, 0.6) is 5.75 Å². The predicted molar refractivity (Wildman–Crippen MR) is 96.4 cm³/mol. The number of ether oxygens (including phenoxy) is 1. The molecule has 1 aliphatic heterocycles. The summed E-state index contributed by atoms with van der Waals surface area (Å²) in [6.07, 6.45) is 3.22. The molecule has 0 unspecified atom stereocenters. The molecule has 7 heteroatoms. The van der Waals surface area contributed by atoms with E-state index < -0.39 is 17.9 Å². The highest BCUT2D eigenvalue weighted by atomic mass is 16.5. The van der Waals surface area contributed by atoms with Crippen LogP contribution in [0, 0.1) is 13.8 Å². The number of nitrogens with one attached hydrogen (secondary N) is 1. The third kappa shape index (κ3) is 4.97. The van der Waals surface area contributed by atoms with Crippen molar-refractivity contribution < 1.29 is 24.2 Å². The molecule has 1 aliphatic rings. The summed E-state index contributed by atoms with van der Waals surface area (Å²) >= 11 is 0. The maximum absolute atomic E-state index is 12.2. The molecule has 1 atom stereocenters. The molecule has 0 radical (unpaired) electrons. The van der Waals surface area contributed by atoms with E-state index in [1.165, 1.54) is 6.92 Å². The maximum atomic E-state index is 12.2. The minimum Gasteiger partial charge on any atom is -0.483 e. The van der Waals surface area contributed by atoms with Gasteiger partial charge >= 0.3 is 5.97 Å². The number of likely N-dealkylation sites (tertiary alicyclic amines) is 1. The summed E-state index contributed by atoms with van der Waals surface area (Å²) in [5.74, 6) is -0.996. The van der Waals surface area contributed by atoms with E-state index >= 15 is 0 Å². The minimum absolute atomic E-state index is 0.0245. The number of hydrogen-bond acceptors (Lipinski definition) is 4. The lowest BCUT2D eigenvalue weighted by Crippen LogP contribution is -2.39. The second-order valence-corrected chi connectivity index (χ2v) is 6.70. The quantitative estimate of drug-likeness (QED) is 0.806. The summed E-state index contributed by atoms with van der Waals surface area (Å²) in [4.78, 5) is 37.1. The topological polar surface area (TPSA) is 95.9 Å². The Kier molecular flexibility index (Phi) is 6.60. The molecule has 2 amide bonds. The van der Waals surface area contributed by atoms with Crippen molar-refractivity contribution in [2.75, 3.05) is 19.7 Å². The van der Waals surface area contributed by atoms with Gasteiger partial charge in [-0.1, -0.05) is 0 Å². The van der Waals surface area contributed by atoms with Gasteiger partial charge in [-0.05, 0) is 63.3 Å². The monoisotopic (exact) mass is 362 g/mol. The number of benzene rings is 1. The summed E-state index contributed by atoms with van der Waals surface area (Å²) in [5.41, 5.74) is 1.82. The molecule has 0 aliphatic carbocycles. The van der Waals surface area contributed by atoms with Crippen molar-refractivity contribution in [3.05, 3.63) is 28.8 Å². The number of carboxylic acid groups (broad SMARTS) is 1. The van der Waals surface area contributed by atoms with Crippen LogP contribution in [0.2, 0.25) is 0 Å². The molecule has 1 aromatic rings. The Bertz CT molecular complexity index is 672. The van der Waals surface area contributed by atoms with Gasteiger partial charge < -0.3 is 20.1 Å². The maximum Gasteiger partial charge on any atom is 0.325 e. The smallest absolute Gasteiger partial charge is 0.325 e. The summed E-state index contributed by atoms with van der Waals surface area (Å²) in [6.45, 7) is 6.53. The van der Waals surface area contributed by atoms with E-state index in [9.17, 15) is 14.4 Å². The Balaban J connectivity index is 2.03. The normalized spacial score (nSPS) is 15.3. The van der Waals surface area contributed by atoms with Crippen molar-refractivity contribution in [2.24, 2.45) is 0 Å². The van der Waals surface area contributed by atoms with Crippen LogP contribution in [0.4, 0.5) is 0 Å². The molecule has 7 nitrogen and oxygen atoms in total. The minimum atomic E-state index is -1.09. The van der Waals surface area contributed by atoms with Gasteiger partial charge in [-0.2, -0.15) is 0 Å². The molecule has 1 saturated heterocycles. The molecule has 0 bridgehead atoms. The highest BCUT2D eigenvalue weighted by molar-refractivity contribution is 5.97. The molecular formula is C19H26N2O5. The zero-order valence-corrected chi connectivity index (χ0v) is 15.5. The van der Waals surface area contributed by atoms with E-state index in [0.29, 0.717) is 11.3 Å². The number of piperidine rings is 1. The van der Waals surface area contributed by atoms with Crippen LogP contribution < -0.4 is 10.1 Å². The van der Waals surface area contributed by atoms with Crippen molar-refractivity contribution in [1.29, 1.82) is 0 Å². The average molecular weight is 362 g/mol. The zero-order chi connectivity index (χ0) is 19.3. The third-order valence-corrected chi connectivity index (χ3v) is 4.49. The van der Waals surface area contributed by atoms with Gasteiger partial charge in [0, 0.05) is 18.7 Å². The van der Waals surface area contributed by atoms with Crippen molar-refractivity contribution >= 4 is 17.8 Å². The molecule has 0 aromatic heterocycles. The van der Waals surface area contributed by atoms with E-state index in [-0.39, 0.29) is 12.5 Å². The molecular weight excluding hydrogens is 336 g/mol. The number of carbonyl (C=O) groups excluding carboxylic acids is 2. The lowest BCUT2D eigenvalue weighted by molar-refractivity contribution is -0.138. The number of nitrogens with zero attached hydrogens (tertiary/aromatic N) is 1. The van der Waals surface area contributed by atoms with Gasteiger partial charge in [0.25, 0.3) is 11.8 Å². The average Bonchev–Trinajstić information content (AvgIpc) is 2.61. The first-order valence-electron chi connectivity index (χ1n) is 8.85. The van der Waals surface area contributed by atoms with Crippen molar-refractivity contribution in [1.82, 2.24) is 10.2 Å². The first-order chi connectivity index (χ1) is 12.3. The first kappa shape index (κ1) is 19.8. The van der Waals surface area contributed by atoms with E-state index in [2.05, 4.69) is 5.32 Å². The van der Waals surface area contributed by atoms with E-state index in [4.69, 9.17) is 9.84 Å². The van der Waals surface area contributed by atoms with Gasteiger partial charge in [-0.15, -0.1) is 0 Å². The molecule has 1 heterocycles. The van der Waals surface area contributed by atoms with Gasteiger partial charge in [0.15, 0.2) is 6.61 Å². The highest BCUT2D eigenvalue weighted by Crippen LogP contribution is 2.25. The molecule has 2 N–H and O–H groups in total. The number of aliphatic carboxylic acids is 1. The molecule has 0 saturated carbocycles. The Hall–Kier alpha value is -2.57. The Labute approximate surface area is 153 Å². The van der Waals surface area contributed by atoms with Crippen LogP contribution >= 0.6 is 0 Å². The fourth-order valence-corrected chi connectivity index (χ4v) is 3.02. The predicted octanol–water partition coefficient (Wildman–Crippen LogP) is 1.90. The van der Waals surface area contributed by atoms with E-state index in [0.717, 1.165) is 43.5 Å². The largest absolute Gasteiger partial charge is 0.483 e. The molecule has 1 aromatic carbocycles. The number of hydrogen-bond donors (Lipinski definition) is 2. The van der Waals surface area contributed by atoms with Crippen LogP contribution in [0.15, 0.2) is 12.1 Å². The third-order valence-electron chi connectivity index (χ3n) is 4.49. The van der Waals surface area contributed by atoms with Crippen LogP contribution in [0.25, 0.3) is 0 Å². The lowest BCUT2D eigenvalue weighted by Gasteiger charge is -2.26. The van der Waals surface area contributed by atoms with Crippen LogP contribution in [0.3, 0.4) is 0 Å². The van der Waals surface area contributed by atoms with Gasteiger partial charge in [0.1, 0.15) is 11.8 Å². The van der Waals surface area contributed by atoms with Crippen LogP contribution in [0.1, 0.15) is 47.7 Å². The van der Waals surface area contributed by atoms with Crippen LogP contribution in [-0.2, 0) is 9.59 Å². The second-order valence-electron chi connectivity index (χ2n) is 6.70. The van der Waals surface area contributed by atoms with Crippen molar-refractivity contribution in [3.63, 3.8) is 0 Å². The Morgan fingerprint density at radius 2 is 1.73 bits per heavy atom. The molecule has 142 valence electrons. The van der Waals surface area contributed by atoms with Gasteiger partial charge in [0.05, 0.1) is 0 Å². The first-order valence-corrected chi connectivity index (χ1v) is 8.85. The van der Waals surface area contributed by atoms with Gasteiger partial charge in [-0.25, -0.2) is 0 Å². The lowest BCUT2D eigenvalue weighted by atomic mass is 10.0. The summed E-state index contributed by atoms with van der Waals surface area (Å²) in [5, 5.41) is 11.3. The second kappa shape index (κ2) is 8.69. The number of carbonyl (C=O) groups is 3. The zero-order valence-electron chi connectivity index (χ0n) is 15.5. The summed E-state index contributed by atoms with van der Waals surface area (Å²) in [6, 6.07) is 2.30. The molecule has 1 fully saturated rings. The van der Waals surface area contributed by atoms with Crippen LogP contribution in [-0.4, -0.2) is 53.5 Å². The Morgan fingerprint density at radius 1 is 1.15 bits per heavy atom. The molecule has 26 heavy (non-hydrogen) atoms.